The second-order valence-corrected chi connectivity index (χ2v) is 5.07. The highest BCUT2D eigenvalue weighted by molar-refractivity contribution is 5.27. The Kier molecular flexibility index (Phi) is 3.34. The highest BCUT2D eigenvalue weighted by atomic mass is 16.3. The number of hydrogen-bond donors (Lipinski definition) is 1. The van der Waals surface area contributed by atoms with Crippen LogP contribution in [0.1, 0.15) is 51.0 Å². The van der Waals surface area contributed by atoms with E-state index in [1.807, 2.05) is 0 Å². The molecule has 0 radical (unpaired) electrons. The fourth-order valence-electron chi connectivity index (χ4n) is 2.91. The standard InChI is InChI=1S/C15H22O/c1-3-10-15(16,4-2)14-11-13(14)12-8-6-5-7-9-12/h5-9,13-14,16H,3-4,10-11H2,1-2H3. The van der Waals surface area contributed by atoms with Gasteiger partial charge in [-0.05, 0) is 36.7 Å². The van der Waals surface area contributed by atoms with E-state index in [-0.39, 0.29) is 0 Å². The van der Waals surface area contributed by atoms with Crippen LogP contribution in [0.4, 0.5) is 0 Å². The lowest BCUT2D eigenvalue weighted by molar-refractivity contribution is 0.00263. The van der Waals surface area contributed by atoms with Crippen LogP contribution >= 0.6 is 0 Å². The zero-order valence-electron chi connectivity index (χ0n) is 10.3. The van der Waals surface area contributed by atoms with E-state index in [9.17, 15) is 5.11 Å². The van der Waals surface area contributed by atoms with Gasteiger partial charge in [0, 0.05) is 0 Å². The Morgan fingerprint density at radius 1 is 1.25 bits per heavy atom. The minimum Gasteiger partial charge on any atom is -0.390 e. The molecule has 1 aromatic rings. The van der Waals surface area contributed by atoms with E-state index in [1.165, 1.54) is 5.56 Å². The molecule has 3 atom stereocenters. The van der Waals surface area contributed by atoms with Crippen molar-refractivity contribution in [2.45, 2.75) is 51.0 Å². The summed E-state index contributed by atoms with van der Waals surface area (Å²) in [5.74, 6) is 1.08. The monoisotopic (exact) mass is 218 g/mol. The third kappa shape index (κ3) is 2.15. The van der Waals surface area contributed by atoms with E-state index < -0.39 is 5.60 Å². The molecule has 0 heterocycles. The molecule has 1 saturated carbocycles. The molecule has 1 aromatic carbocycles. The summed E-state index contributed by atoms with van der Waals surface area (Å²) in [4.78, 5) is 0. The summed E-state index contributed by atoms with van der Waals surface area (Å²) in [6, 6.07) is 10.6. The fourth-order valence-corrected chi connectivity index (χ4v) is 2.91. The van der Waals surface area contributed by atoms with Crippen LogP contribution in [0.3, 0.4) is 0 Å². The van der Waals surface area contributed by atoms with E-state index >= 15 is 0 Å². The van der Waals surface area contributed by atoms with Crippen molar-refractivity contribution >= 4 is 0 Å². The Balaban J connectivity index is 2.05. The lowest BCUT2D eigenvalue weighted by atomic mass is 9.87. The van der Waals surface area contributed by atoms with Crippen molar-refractivity contribution in [2.75, 3.05) is 0 Å². The number of benzene rings is 1. The molecule has 0 amide bonds. The Morgan fingerprint density at radius 2 is 1.94 bits per heavy atom. The summed E-state index contributed by atoms with van der Waals surface area (Å²) in [5, 5.41) is 10.6. The van der Waals surface area contributed by atoms with E-state index in [2.05, 4.69) is 44.2 Å². The molecule has 0 spiro atoms. The maximum atomic E-state index is 10.6. The van der Waals surface area contributed by atoms with Gasteiger partial charge in [-0.2, -0.15) is 0 Å². The Labute approximate surface area is 98.5 Å². The highest BCUT2D eigenvalue weighted by Crippen LogP contribution is 2.55. The predicted molar refractivity (Wildman–Crippen MR) is 67.4 cm³/mol. The van der Waals surface area contributed by atoms with Crippen molar-refractivity contribution in [3.63, 3.8) is 0 Å². The maximum absolute atomic E-state index is 10.6. The first-order valence-electron chi connectivity index (χ1n) is 6.48. The normalized spacial score (nSPS) is 27.4. The molecule has 1 fully saturated rings. The summed E-state index contributed by atoms with van der Waals surface area (Å²) in [6.07, 6.45) is 4.06. The van der Waals surface area contributed by atoms with E-state index in [0.717, 1.165) is 25.7 Å². The van der Waals surface area contributed by atoms with Crippen LogP contribution in [0.15, 0.2) is 30.3 Å². The summed E-state index contributed by atoms with van der Waals surface area (Å²) in [6.45, 7) is 4.26. The lowest BCUT2D eigenvalue weighted by Crippen LogP contribution is -2.30. The molecule has 3 unspecified atom stereocenters. The second-order valence-electron chi connectivity index (χ2n) is 5.07. The molecule has 0 aliphatic heterocycles. The summed E-state index contributed by atoms with van der Waals surface area (Å²) < 4.78 is 0. The number of hydrogen-bond acceptors (Lipinski definition) is 1. The van der Waals surface area contributed by atoms with Gasteiger partial charge in [-0.15, -0.1) is 0 Å². The van der Waals surface area contributed by atoms with Gasteiger partial charge in [-0.25, -0.2) is 0 Å². The molecule has 1 N–H and O–H groups in total. The molecule has 16 heavy (non-hydrogen) atoms. The van der Waals surface area contributed by atoms with Crippen molar-refractivity contribution in [1.82, 2.24) is 0 Å². The van der Waals surface area contributed by atoms with Gasteiger partial charge in [-0.1, -0.05) is 50.6 Å². The Hall–Kier alpha value is -0.820. The molecule has 2 rings (SSSR count). The summed E-state index contributed by atoms with van der Waals surface area (Å²) in [7, 11) is 0. The smallest absolute Gasteiger partial charge is 0.0679 e. The van der Waals surface area contributed by atoms with Gasteiger partial charge < -0.3 is 5.11 Å². The minimum atomic E-state index is -0.421. The van der Waals surface area contributed by atoms with Gasteiger partial charge in [-0.3, -0.25) is 0 Å². The van der Waals surface area contributed by atoms with E-state index in [1.54, 1.807) is 0 Å². The molecule has 1 heteroatoms. The molecule has 88 valence electrons. The van der Waals surface area contributed by atoms with Crippen LogP contribution < -0.4 is 0 Å². The van der Waals surface area contributed by atoms with E-state index in [4.69, 9.17) is 0 Å². The van der Waals surface area contributed by atoms with Crippen LogP contribution in [-0.4, -0.2) is 10.7 Å². The first-order valence-corrected chi connectivity index (χ1v) is 6.48. The van der Waals surface area contributed by atoms with Gasteiger partial charge in [0.15, 0.2) is 0 Å². The minimum absolute atomic E-state index is 0.421. The third-order valence-electron chi connectivity index (χ3n) is 4.00. The van der Waals surface area contributed by atoms with Crippen molar-refractivity contribution < 1.29 is 5.11 Å². The molecular formula is C15H22O. The average molecular weight is 218 g/mol. The Bertz CT molecular complexity index is 333. The van der Waals surface area contributed by atoms with Gasteiger partial charge in [0.2, 0.25) is 0 Å². The van der Waals surface area contributed by atoms with Gasteiger partial charge in [0.05, 0.1) is 5.60 Å². The van der Waals surface area contributed by atoms with Gasteiger partial charge in [0.1, 0.15) is 0 Å². The van der Waals surface area contributed by atoms with Crippen LogP contribution in [-0.2, 0) is 0 Å². The largest absolute Gasteiger partial charge is 0.390 e. The summed E-state index contributed by atoms with van der Waals surface area (Å²) >= 11 is 0. The first kappa shape index (κ1) is 11.7. The lowest BCUT2D eigenvalue weighted by Gasteiger charge is -2.27. The Morgan fingerprint density at radius 3 is 2.50 bits per heavy atom. The van der Waals surface area contributed by atoms with Crippen LogP contribution in [0, 0.1) is 5.92 Å². The first-order chi connectivity index (χ1) is 7.71. The molecule has 0 bridgehead atoms. The van der Waals surface area contributed by atoms with Gasteiger partial charge >= 0.3 is 0 Å². The van der Waals surface area contributed by atoms with Crippen LogP contribution in [0.25, 0.3) is 0 Å². The average Bonchev–Trinajstić information content (AvgIpc) is 3.11. The zero-order chi connectivity index (χ0) is 11.6. The van der Waals surface area contributed by atoms with Gasteiger partial charge in [0.25, 0.3) is 0 Å². The number of rotatable bonds is 5. The number of aliphatic hydroxyl groups is 1. The third-order valence-corrected chi connectivity index (χ3v) is 4.00. The molecule has 1 aliphatic carbocycles. The SMILES string of the molecule is CCCC(O)(CC)C1CC1c1ccccc1. The van der Waals surface area contributed by atoms with Crippen molar-refractivity contribution in [2.24, 2.45) is 5.92 Å². The topological polar surface area (TPSA) is 20.2 Å². The summed E-state index contributed by atoms with van der Waals surface area (Å²) in [5.41, 5.74) is 0.977. The van der Waals surface area contributed by atoms with E-state index in [0.29, 0.717) is 11.8 Å². The second kappa shape index (κ2) is 4.58. The van der Waals surface area contributed by atoms with Crippen molar-refractivity contribution in [3.8, 4) is 0 Å². The predicted octanol–water partition coefficient (Wildman–Crippen LogP) is 3.73. The zero-order valence-corrected chi connectivity index (χ0v) is 10.3. The molecule has 0 aromatic heterocycles. The van der Waals surface area contributed by atoms with Crippen LogP contribution in [0.2, 0.25) is 0 Å². The van der Waals surface area contributed by atoms with Crippen LogP contribution in [0.5, 0.6) is 0 Å². The molecule has 0 saturated heterocycles. The maximum Gasteiger partial charge on any atom is 0.0679 e. The molecule has 1 nitrogen and oxygen atoms in total. The molecule has 1 aliphatic rings. The highest BCUT2D eigenvalue weighted by Gasteiger charge is 2.50. The quantitative estimate of drug-likeness (QED) is 0.798. The molecular weight excluding hydrogens is 196 g/mol. The fraction of sp³-hybridized carbons (Fsp3) is 0.600. The van der Waals surface area contributed by atoms with Crippen molar-refractivity contribution in [3.05, 3.63) is 35.9 Å². The van der Waals surface area contributed by atoms with Crippen molar-refractivity contribution in [1.29, 1.82) is 0 Å².